The van der Waals surface area contributed by atoms with E-state index in [4.69, 9.17) is 19.7 Å². The maximum absolute atomic E-state index is 11.2. The van der Waals surface area contributed by atoms with Gasteiger partial charge in [-0.1, -0.05) is 39.1 Å². The van der Waals surface area contributed by atoms with Gasteiger partial charge in [0, 0.05) is 18.8 Å². The first kappa shape index (κ1) is 23.9. The summed E-state index contributed by atoms with van der Waals surface area (Å²) in [4.78, 5) is 11.2. The molecule has 1 unspecified atom stereocenters. The van der Waals surface area contributed by atoms with Crippen LogP contribution in [0.15, 0.2) is 0 Å². The summed E-state index contributed by atoms with van der Waals surface area (Å²) in [6, 6.07) is 0. The van der Waals surface area contributed by atoms with Crippen LogP contribution in [0.4, 0.5) is 0 Å². The number of carboxylic acids is 1. The Labute approximate surface area is 194 Å². The third-order valence-electron chi connectivity index (χ3n) is 7.22. The molecule has 0 radical (unpaired) electrons. The molecule has 1 saturated carbocycles. The third kappa shape index (κ3) is 7.10. The van der Waals surface area contributed by atoms with Gasteiger partial charge in [0.05, 0.1) is 37.4 Å². The molecule has 3 rings (SSSR count). The van der Waals surface area contributed by atoms with E-state index in [1.807, 2.05) is 0 Å². The van der Waals surface area contributed by atoms with E-state index in [1.54, 1.807) is 0 Å². The smallest absolute Gasteiger partial charge is 0.306 e. The van der Waals surface area contributed by atoms with Gasteiger partial charge in [-0.15, -0.1) is 0 Å². The molecule has 2 heterocycles. The van der Waals surface area contributed by atoms with Crippen molar-refractivity contribution < 1.29 is 28.3 Å². The lowest BCUT2D eigenvalue weighted by Gasteiger charge is -2.51. The molecule has 6 nitrogen and oxygen atoms in total. The van der Waals surface area contributed by atoms with Crippen molar-refractivity contribution in [1.29, 1.82) is 1.34 Å². The van der Waals surface area contributed by atoms with Gasteiger partial charge in [-0.3, -0.25) is 4.79 Å². The van der Waals surface area contributed by atoms with Gasteiger partial charge in [0.2, 0.25) is 7.09 Å². The molecule has 31 heavy (non-hydrogen) atoms. The molecule has 0 aromatic carbocycles. The van der Waals surface area contributed by atoms with E-state index in [2.05, 4.69) is 20.8 Å². The predicted molar refractivity (Wildman–Crippen MR) is 125 cm³/mol. The first-order chi connectivity index (χ1) is 15.3. The van der Waals surface area contributed by atoms with Gasteiger partial charge in [-0.2, -0.15) is 0 Å². The summed E-state index contributed by atoms with van der Waals surface area (Å²) in [6.45, 7) is 7.61. The van der Waals surface area contributed by atoms with Gasteiger partial charge < -0.3 is 23.5 Å². The number of rotatable bonds is 10. The first-order valence-corrected chi connectivity index (χ1v) is 13.0. The highest BCUT2D eigenvalue weighted by atomic mass is 32.2. The Hall–Kier alpha value is -0.275. The lowest BCUT2D eigenvalue weighted by molar-refractivity contribution is -0.342. The molecule has 1 N–H and O–H groups in total. The van der Waals surface area contributed by atoms with Crippen LogP contribution in [-0.4, -0.2) is 56.3 Å². The zero-order valence-corrected chi connectivity index (χ0v) is 20.2. The average molecular weight is 458 g/mol. The van der Waals surface area contributed by atoms with Crippen LogP contribution < -0.4 is 0 Å². The van der Waals surface area contributed by atoms with Crippen LogP contribution in [0.3, 0.4) is 0 Å². The molecule has 0 aromatic rings. The standard InChI is InChI=1S/C23H41BO6S/c1-15(2)21-8-7-16(3)14-23(21)27-10-9-19(29-23)11-17-5-4-6-18(28-17)12-20(30-31-24)13-22(25)26/h15-21H,4-14,24H2,1-3H3,(H,25,26)/t16-,17-,18+,19+,20-,21+,23?/m1/s1/i24T. The van der Waals surface area contributed by atoms with Gasteiger partial charge in [0.15, 0.2) is 5.79 Å². The predicted octanol–water partition coefficient (Wildman–Crippen LogP) is 4.35. The summed E-state index contributed by atoms with van der Waals surface area (Å²) in [5, 5.41) is 9.18. The summed E-state index contributed by atoms with van der Waals surface area (Å²) in [6.07, 6.45) is 8.49. The third-order valence-corrected chi connectivity index (χ3v) is 7.63. The second kappa shape index (κ2) is 11.7. The summed E-state index contributed by atoms with van der Waals surface area (Å²) >= 11 is 1.00. The number of hydrogen-bond donors (Lipinski definition) is 1. The Morgan fingerprint density at radius 2 is 2.06 bits per heavy atom. The Morgan fingerprint density at radius 1 is 1.26 bits per heavy atom. The highest BCUT2D eigenvalue weighted by molar-refractivity contribution is 8.15. The lowest BCUT2D eigenvalue weighted by Crippen LogP contribution is -2.55. The Balaban J connectivity index is 1.56. The van der Waals surface area contributed by atoms with Crippen molar-refractivity contribution in [3.63, 3.8) is 0 Å². The molecule has 8 heteroatoms. The molecule has 2 saturated heterocycles. The summed E-state index contributed by atoms with van der Waals surface area (Å²) in [5.74, 6) is 0.257. The highest BCUT2D eigenvalue weighted by Gasteiger charge is 2.50. The minimum absolute atomic E-state index is 0.00338. The van der Waals surface area contributed by atoms with Gasteiger partial charge in [0.1, 0.15) is 0 Å². The van der Waals surface area contributed by atoms with E-state index >= 15 is 0 Å². The van der Waals surface area contributed by atoms with Crippen molar-refractivity contribution in [2.24, 2.45) is 17.8 Å². The van der Waals surface area contributed by atoms with Crippen molar-refractivity contribution in [1.82, 2.24) is 0 Å². The van der Waals surface area contributed by atoms with E-state index in [0.29, 0.717) is 24.2 Å². The number of carbonyl (C=O) groups is 1. The van der Waals surface area contributed by atoms with Gasteiger partial charge in [0.25, 0.3) is 0 Å². The number of hydrogen-bond acceptors (Lipinski definition) is 6. The summed E-state index contributed by atoms with van der Waals surface area (Å²) < 4.78 is 32.3. The van der Waals surface area contributed by atoms with E-state index in [0.717, 1.165) is 63.4 Å². The number of carboxylic acid groups (broad SMARTS) is 1. The van der Waals surface area contributed by atoms with Crippen LogP contribution in [0, 0.1) is 17.8 Å². The average Bonchev–Trinajstić information content (AvgIpc) is 2.71. The second-order valence-corrected chi connectivity index (χ2v) is 10.6. The Morgan fingerprint density at radius 3 is 2.81 bits per heavy atom. The number of aliphatic carboxylic acids is 1. The van der Waals surface area contributed by atoms with Crippen molar-refractivity contribution in [2.75, 3.05) is 6.61 Å². The maximum atomic E-state index is 11.2. The molecule has 0 bridgehead atoms. The van der Waals surface area contributed by atoms with Crippen molar-refractivity contribution >= 4 is 25.0 Å². The van der Waals surface area contributed by atoms with Crippen LogP contribution in [0.5, 0.6) is 0 Å². The monoisotopic (exact) mass is 458 g/mol. The van der Waals surface area contributed by atoms with Crippen molar-refractivity contribution in [3.8, 4) is 0 Å². The van der Waals surface area contributed by atoms with Gasteiger partial charge in [-0.05, 0) is 51.7 Å². The molecule has 3 aliphatic rings. The Kier molecular flexibility index (Phi) is 9.03. The molecule has 3 fully saturated rings. The van der Waals surface area contributed by atoms with Crippen LogP contribution >= 0.6 is 11.9 Å². The number of ether oxygens (including phenoxy) is 3. The van der Waals surface area contributed by atoms with E-state index in [9.17, 15) is 9.90 Å². The van der Waals surface area contributed by atoms with E-state index in [1.165, 1.54) is 6.42 Å². The second-order valence-electron chi connectivity index (χ2n) is 10.1. The van der Waals surface area contributed by atoms with Crippen LogP contribution in [0.1, 0.15) is 85.0 Å². The zero-order chi connectivity index (χ0) is 23.1. The van der Waals surface area contributed by atoms with Crippen LogP contribution in [0.2, 0.25) is 0 Å². The van der Waals surface area contributed by atoms with Crippen molar-refractivity contribution in [3.05, 3.63) is 0 Å². The molecule has 7 atom stereocenters. The molecular formula is C23H41BO6S. The van der Waals surface area contributed by atoms with Gasteiger partial charge in [-0.25, -0.2) is 0 Å². The van der Waals surface area contributed by atoms with E-state index in [-0.39, 0.29) is 31.8 Å². The fourth-order valence-corrected chi connectivity index (χ4v) is 6.17. The largest absolute Gasteiger partial charge is 0.481 e. The fourth-order valence-electron chi connectivity index (χ4n) is 5.83. The molecule has 1 spiro atoms. The van der Waals surface area contributed by atoms with Crippen molar-refractivity contribution in [2.45, 2.75) is 115 Å². The van der Waals surface area contributed by atoms with Crippen LogP contribution in [-0.2, 0) is 23.2 Å². The van der Waals surface area contributed by atoms with Gasteiger partial charge >= 0.3 is 5.97 Å². The molecular weight excluding hydrogens is 415 g/mol. The van der Waals surface area contributed by atoms with E-state index < -0.39 is 17.9 Å². The topological polar surface area (TPSA) is 74.2 Å². The fraction of sp³-hybridized carbons (Fsp3) is 0.957. The first-order valence-electron chi connectivity index (χ1n) is 12.8. The van der Waals surface area contributed by atoms with Crippen LogP contribution in [0.25, 0.3) is 0 Å². The lowest BCUT2D eigenvalue weighted by atomic mass is 9.72. The zero-order valence-electron chi connectivity index (χ0n) is 20.4. The molecule has 2 aliphatic heterocycles. The summed E-state index contributed by atoms with van der Waals surface area (Å²) in [5.41, 5.74) is 0. The molecule has 1 aliphatic carbocycles. The normalized spacial score (nSPS) is 38.1. The minimum Gasteiger partial charge on any atom is -0.481 e. The minimum atomic E-state index is -0.879. The molecule has 0 aromatic heterocycles. The quantitative estimate of drug-likeness (QED) is 0.385. The molecule has 0 amide bonds. The summed E-state index contributed by atoms with van der Waals surface area (Å²) in [7, 11) is 0.0586. The Bertz CT molecular complexity index is 599. The maximum Gasteiger partial charge on any atom is 0.306 e. The molecule has 178 valence electrons. The SMILES string of the molecule is [3H]BSO[C@@H](CC(=O)O)C[C@@H]1CCC[C@H](C[C@@H]2CCOC3(C[C@H](C)CC[C@H]3C(C)C)O2)O1. The highest BCUT2D eigenvalue weighted by Crippen LogP contribution is 2.47.